The van der Waals surface area contributed by atoms with Gasteiger partial charge in [-0.1, -0.05) is 24.4 Å². The summed E-state index contributed by atoms with van der Waals surface area (Å²) in [6, 6.07) is 5.18. The molecule has 1 spiro atoms. The summed E-state index contributed by atoms with van der Waals surface area (Å²) in [7, 11) is 3.54. The third-order valence-corrected chi connectivity index (χ3v) is 6.22. The normalized spacial score (nSPS) is 21.5. The molecule has 7 heteroatoms. The molecule has 2 heterocycles. The molecular weight excluding hydrogens is 352 g/mol. The van der Waals surface area contributed by atoms with E-state index in [1.165, 1.54) is 12.8 Å². The van der Waals surface area contributed by atoms with E-state index in [-0.39, 0.29) is 17.2 Å². The lowest BCUT2D eigenvalue weighted by atomic mass is 9.76. The third-order valence-electron chi connectivity index (χ3n) is 5.99. The average molecular weight is 375 g/mol. The number of likely N-dealkylation sites (tertiary alicyclic amines) is 1. The number of methoxy groups -OCH3 is 1. The lowest BCUT2D eigenvalue weighted by Gasteiger charge is -2.28. The molecule has 138 valence electrons. The number of carbonyl (C=O) groups is 1. The molecule has 1 aliphatic carbocycles. The van der Waals surface area contributed by atoms with E-state index >= 15 is 0 Å². The fourth-order valence-electron chi connectivity index (χ4n) is 4.68. The zero-order chi connectivity index (χ0) is 18.3. The molecule has 1 amide bonds. The standard InChI is InChI=1S/C19H23ClN4O2/c1-23-12-21-22-17(23)15-10-24(11-19(15)7-3-4-8-19)18(25)14-6-5-13(20)9-16(14)26-2/h5-6,9,12,15H,3-4,7-8,10-11H2,1-2H3. The van der Waals surface area contributed by atoms with Crippen LogP contribution in [0.2, 0.25) is 5.02 Å². The summed E-state index contributed by atoms with van der Waals surface area (Å²) in [4.78, 5) is 15.2. The Labute approximate surface area is 158 Å². The van der Waals surface area contributed by atoms with Crippen molar-refractivity contribution < 1.29 is 9.53 Å². The second-order valence-electron chi connectivity index (χ2n) is 7.45. The van der Waals surface area contributed by atoms with Gasteiger partial charge in [-0.25, -0.2) is 0 Å². The zero-order valence-corrected chi connectivity index (χ0v) is 15.9. The van der Waals surface area contributed by atoms with Crippen LogP contribution in [-0.4, -0.2) is 45.8 Å². The first kappa shape index (κ1) is 17.3. The largest absolute Gasteiger partial charge is 0.496 e. The number of ether oxygens (including phenoxy) is 1. The topological polar surface area (TPSA) is 60.2 Å². The smallest absolute Gasteiger partial charge is 0.257 e. The number of benzene rings is 1. The predicted molar refractivity (Wildman–Crippen MR) is 98.6 cm³/mol. The van der Waals surface area contributed by atoms with Gasteiger partial charge in [-0.15, -0.1) is 10.2 Å². The van der Waals surface area contributed by atoms with Gasteiger partial charge in [-0.3, -0.25) is 4.79 Å². The van der Waals surface area contributed by atoms with Crippen LogP contribution in [0.1, 0.15) is 47.8 Å². The molecule has 1 saturated carbocycles. The van der Waals surface area contributed by atoms with Crippen LogP contribution < -0.4 is 4.74 Å². The van der Waals surface area contributed by atoms with Crippen LogP contribution >= 0.6 is 11.6 Å². The average Bonchev–Trinajstić information content (AvgIpc) is 3.36. The highest BCUT2D eigenvalue weighted by atomic mass is 35.5. The van der Waals surface area contributed by atoms with E-state index < -0.39 is 0 Å². The monoisotopic (exact) mass is 374 g/mol. The van der Waals surface area contributed by atoms with Crippen molar-refractivity contribution in [3.05, 3.63) is 40.9 Å². The van der Waals surface area contributed by atoms with Crippen molar-refractivity contribution in [2.45, 2.75) is 31.6 Å². The first-order valence-corrected chi connectivity index (χ1v) is 9.38. The summed E-state index contributed by atoms with van der Waals surface area (Å²) in [5.41, 5.74) is 0.666. The number of amides is 1. The molecule has 1 unspecified atom stereocenters. The Bertz CT molecular complexity index is 829. The first-order chi connectivity index (χ1) is 12.5. The molecule has 1 aromatic carbocycles. The van der Waals surface area contributed by atoms with Gasteiger partial charge in [0.15, 0.2) is 0 Å². The summed E-state index contributed by atoms with van der Waals surface area (Å²) in [6.07, 6.45) is 6.42. The Morgan fingerprint density at radius 3 is 2.77 bits per heavy atom. The Morgan fingerprint density at radius 1 is 1.35 bits per heavy atom. The van der Waals surface area contributed by atoms with Crippen LogP contribution in [0.15, 0.2) is 24.5 Å². The van der Waals surface area contributed by atoms with Gasteiger partial charge in [-0.2, -0.15) is 0 Å². The van der Waals surface area contributed by atoms with Crippen molar-refractivity contribution in [1.29, 1.82) is 0 Å². The maximum atomic E-state index is 13.2. The number of halogens is 1. The van der Waals surface area contributed by atoms with Crippen molar-refractivity contribution in [1.82, 2.24) is 19.7 Å². The quantitative estimate of drug-likeness (QED) is 0.827. The van der Waals surface area contributed by atoms with E-state index in [0.29, 0.717) is 22.9 Å². The highest BCUT2D eigenvalue weighted by molar-refractivity contribution is 6.30. The maximum absolute atomic E-state index is 13.2. The van der Waals surface area contributed by atoms with Crippen molar-refractivity contribution in [2.75, 3.05) is 20.2 Å². The molecule has 2 fully saturated rings. The molecule has 0 N–H and O–H groups in total. The van der Waals surface area contributed by atoms with Crippen LogP contribution in [0.25, 0.3) is 0 Å². The zero-order valence-electron chi connectivity index (χ0n) is 15.1. The van der Waals surface area contributed by atoms with Crippen LogP contribution in [0, 0.1) is 5.41 Å². The summed E-state index contributed by atoms with van der Waals surface area (Å²) < 4.78 is 7.37. The Balaban J connectivity index is 1.66. The molecule has 26 heavy (non-hydrogen) atoms. The van der Waals surface area contributed by atoms with Gasteiger partial charge in [0.25, 0.3) is 5.91 Å². The summed E-state index contributed by atoms with van der Waals surface area (Å²) >= 11 is 6.04. The minimum atomic E-state index is -0.00513. The molecule has 2 aliphatic rings. The highest BCUT2D eigenvalue weighted by Gasteiger charge is 2.51. The SMILES string of the molecule is COc1cc(Cl)ccc1C(=O)N1CC(c2nncn2C)C2(CCCC2)C1. The van der Waals surface area contributed by atoms with E-state index in [1.807, 2.05) is 16.5 Å². The number of carbonyl (C=O) groups excluding carboxylic acids is 1. The van der Waals surface area contributed by atoms with Gasteiger partial charge in [-0.05, 0) is 36.5 Å². The summed E-state index contributed by atoms with van der Waals surface area (Å²) in [5.74, 6) is 1.71. The molecule has 0 bridgehead atoms. The molecule has 1 atom stereocenters. The van der Waals surface area contributed by atoms with Crippen molar-refractivity contribution >= 4 is 17.5 Å². The van der Waals surface area contributed by atoms with Gasteiger partial charge in [0, 0.05) is 31.1 Å². The lowest BCUT2D eigenvalue weighted by molar-refractivity contribution is 0.0770. The number of nitrogens with zero attached hydrogens (tertiary/aromatic N) is 4. The van der Waals surface area contributed by atoms with Crippen molar-refractivity contribution in [2.24, 2.45) is 12.5 Å². The second-order valence-corrected chi connectivity index (χ2v) is 7.89. The van der Waals surface area contributed by atoms with E-state index in [1.54, 1.807) is 31.6 Å². The van der Waals surface area contributed by atoms with E-state index in [2.05, 4.69) is 10.2 Å². The van der Waals surface area contributed by atoms with E-state index in [9.17, 15) is 4.79 Å². The van der Waals surface area contributed by atoms with Crippen molar-refractivity contribution in [3.8, 4) is 5.75 Å². The Morgan fingerprint density at radius 2 is 2.12 bits per heavy atom. The first-order valence-electron chi connectivity index (χ1n) is 9.01. The van der Waals surface area contributed by atoms with Gasteiger partial charge in [0.1, 0.15) is 17.9 Å². The van der Waals surface area contributed by atoms with Gasteiger partial charge in [0.2, 0.25) is 0 Å². The lowest BCUT2D eigenvalue weighted by Crippen LogP contribution is -2.31. The van der Waals surface area contributed by atoms with Crippen LogP contribution in [0.3, 0.4) is 0 Å². The third kappa shape index (κ3) is 2.76. The summed E-state index contributed by atoms with van der Waals surface area (Å²) in [5, 5.41) is 8.98. The summed E-state index contributed by atoms with van der Waals surface area (Å²) in [6.45, 7) is 1.42. The molecule has 1 saturated heterocycles. The fraction of sp³-hybridized carbons (Fsp3) is 0.526. The maximum Gasteiger partial charge on any atom is 0.257 e. The van der Waals surface area contributed by atoms with Gasteiger partial charge in [0.05, 0.1) is 12.7 Å². The number of rotatable bonds is 3. The molecule has 6 nitrogen and oxygen atoms in total. The van der Waals surface area contributed by atoms with Crippen LogP contribution in [0.5, 0.6) is 5.75 Å². The minimum absolute atomic E-state index is 0.00513. The molecule has 4 rings (SSSR count). The number of hydrogen-bond acceptors (Lipinski definition) is 4. The fourth-order valence-corrected chi connectivity index (χ4v) is 4.85. The molecule has 2 aromatic rings. The van der Waals surface area contributed by atoms with Crippen LogP contribution in [-0.2, 0) is 7.05 Å². The molecular formula is C19H23ClN4O2. The van der Waals surface area contributed by atoms with E-state index in [0.717, 1.165) is 25.2 Å². The molecule has 1 aromatic heterocycles. The van der Waals surface area contributed by atoms with E-state index in [4.69, 9.17) is 16.3 Å². The highest BCUT2D eigenvalue weighted by Crippen LogP contribution is 2.53. The molecule has 1 aliphatic heterocycles. The Hall–Kier alpha value is -2.08. The number of aromatic nitrogens is 3. The predicted octanol–water partition coefficient (Wildman–Crippen LogP) is 3.28. The van der Waals surface area contributed by atoms with Gasteiger partial charge < -0.3 is 14.2 Å². The Kier molecular flexibility index (Phi) is 4.39. The van der Waals surface area contributed by atoms with Crippen LogP contribution in [0.4, 0.5) is 0 Å². The van der Waals surface area contributed by atoms with Gasteiger partial charge >= 0.3 is 0 Å². The van der Waals surface area contributed by atoms with Crippen molar-refractivity contribution in [3.63, 3.8) is 0 Å². The number of hydrogen-bond donors (Lipinski definition) is 0. The molecule has 0 radical (unpaired) electrons. The number of aryl methyl sites for hydroxylation is 1. The second kappa shape index (κ2) is 6.58. The minimum Gasteiger partial charge on any atom is -0.496 e.